The molecule has 1 rings (SSSR count). The van der Waals surface area contributed by atoms with Crippen LogP contribution in [-0.4, -0.2) is 61.5 Å². The third-order valence-corrected chi connectivity index (χ3v) is 5.25. The molecule has 1 aliphatic heterocycles. The van der Waals surface area contributed by atoms with Gasteiger partial charge in [-0.2, -0.15) is 4.31 Å². The number of carbonyl (C=O) groups excluding carboxylic acids is 1. The maximum Gasteiger partial charge on any atom is 0.239 e. The van der Waals surface area contributed by atoms with Crippen molar-refractivity contribution in [2.45, 2.75) is 51.6 Å². The molecule has 1 aliphatic rings. The number of piperidine rings is 1. The van der Waals surface area contributed by atoms with Crippen LogP contribution in [0, 0.1) is 0 Å². The van der Waals surface area contributed by atoms with Crippen LogP contribution in [0.1, 0.15) is 39.5 Å². The van der Waals surface area contributed by atoms with E-state index in [1.165, 1.54) is 10.6 Å². The van der Waals surface area contributed by atoms with E-state index in [0.717, 1.165) is 6.42 Å². The van der Waals surface area contributed by atoms with E-state index in [-0.39, 0.29) is 11.9 Å². The first-order chi connectivity index (χ1) is 9.31. The minimum Gasteiger partial charge on any atom is -0.341 e. The molecule has 1 atom stereocenters. The molecular formula is C13H27N3O3S. The Morgan fingerprint density at radius 1 is 1.35 bits per heavy atom. The fourth-order valence-electron chi connectivity index (χ4n) is 2.81. The second-order valence-corrected chi connectivity index (χ2v) is 7.35. The molecule has 0 spiro atoms. The molecule has 1 heterocycles. The molecule has 2 N–H and O–H groups in total. The number of likely N-dealkylation sites (tertiary alicyclic amines) is 1. The zero-order valence-corrected chi connectivity index (χ0v) is 13.5. The van der Waals surface area contributed by atoms with Crippen LogP contribution in [0.25, 0.3) is 0 Å². The molecule has 1 amide bonds. The van der Waals surface area contributed by atoms with Gasteiger partial charge in [0.2, 0.25) is 15.9 Å². The molecule has 1 saturated heterocycles. The lowest BCUT2D eigenvalue weighted by molar-refractivity contribution is -0.134. The second-order valence-electron chi connectivity index (χ2n) is 5.42. The molecule has 1 unspecified atom stereocenters. The van der Waals surface area contributed by atoms with E-state index in [4.69, 9.17) is 5.73 Å². The summed E-state index contributed by atoms with van der Waals surface area (Å²) < 4.78 is 24.9. The lowest BCUT2D eigenvalue weighted by Gasteiger charge is -2.37. The minimum atomic E-state index is -3.17. The maximum atomic E-state index is 12.1. The first-order valence-corrected chi connectivity index (χ1v) is 9.17. The van der Waals surface area contributed by atoms with Gasteiger partial charge in [0.15, 0.2) is 0 Å². The molecular weight excluding hydrogens is 278 g/mol. The number of nitrogens with two attached hydrogens (primary N) is 1. The highest BCUT2D eigenvalue weighted by Crippen LogP contribution is 2.19. The number of rotatable bonds is 6. The van der Waals surface area contributed by atoms with Gasteiger partial charge in [-0.3, -0.25) is 4.79 Å². The lowest BCUT2D eigenvalue weighted by atomic mass is 10.0. The highest BCUT2D eigenvalue weighted by atomic mass is 32.2. The van der Waals surface area contributed by atoms with Crippen LogP contribution >= 0.6 is 0 Å². The fraction of sp³-hybridized carbons (Fsp3) is 0.923. The van der Waals surface area contributed by atoms with Gasteiger partial charge < -0.3 is 10.6 Å². The highest BCUT2D eigenvalue weighted by molar-refractivity contribution is 7.88. The van der Waals surface area contributed by atoms with Crippen LogP contribution in [0.5, 0.6) is 0 Å². The van der Waals surface area contributed by atoms with Crippen LogP contribution < -0.4 is 5.73 Å². The molecule has 1 fully saturated rings. The van der Waals surface area contributed by atoms with Gasteiger partial charge in [0.05, 0.1) is 12.3 Å². The van der Waals surface area contributed by atoms with Crippen LogP contribution in [0.2, 0.25) is 0 Å². The summed E-state index contributed by atoms with van der Waals surface area (Å²) in [5.74, 6) is -0.00676. The Labute approximate surface area is 122 Å². The lowest BCUT2D eigenvalue weighted by Crippen LogP contribution is -2.51. The first-order valence-electron chi connectivity index (χ1n) is 7.32. The van der Waals surface area contributed by atoms with Crippen molar-refractivity contribution in [2.24, 2.45) is 5.73 Å². The Hall–Kier alpha value is -0.660. The van der Waals surface area contributed by atoms with E-state index < -0.39 is 16.1 Å². The largest absolute Gasteiger partial charge is 0.341 e. The molecule has 7 heteroatoms. The summed E-state index contributed by atoms with van der Waals surface area (Å²) in [6, 6.07) is -0.421. The van der Waals surface area contributed by atoms with Crippen LogP contribution in [0.3, 0.4) is 0 Å². The maximum absolute atomic E-state index is 12.1. The second kappa shape index (κ2) is 7.38. The first kappa shape index (κ1) is 17.4. The van der Waals surface area contributed by atoms with Crippen molar-refractivity contribution in [2.75, 3.05) is 25.9 Å². The summed E-state index contributed by atoms with van der Waals surface area (Å²) in [5, 5.41) is 0. The topological polar surface area (TPSA) is 83.7 Å². The summed E-state index contributed by atoms with van der Waals surface area (Å²) in [6.45, 7) is 5.51. The molecule has 0 aromatic heterocycles. The number of nitrogens with zero attached hydrogens (tertiary/aromatic N) is 2. The summed E-state index contributed by atoms with van der Waals surface area (Å²) in [5.41, 5.74) is 5.85. The third-order valence-electron chi connectivity index (χ3n) is 3.84. The Morgan fingerprint density at radius 3 is 2.30 bits per heavy atom. The number of amides is 1. The van der Waals surface area contributed by atoms with Gasteiger partial charge in [-0.15, -0.1) is 0 Å². The van der Waals surface area contributed by atoms with Crippen LogP contribution in [-0.2, 0) is 14.8 Å². The van der Waals surface area contributed by atoms with E-state index in [1.54, 1.807) is 4.90 Å². The molecule has 0 radical (unpaired) electrons. The van der Waals surface area contributed by atoms with Crippen LogP contribution in [0.15, 0.2) is 0 Å². The van der Waals surface area contributed by atoms with Gasteiger partial charge in [-0.25, -0.2) is 8.42 Å². The quantitative estimate of drug-likeness (QED) is 0.769. The number of sulfonamides is 1. The molecule has 118 valence electrons. The van der Waals surface area contributed by atoms with Gasteiger partial charge in [-0.05, 0) is 19.3 Å². The number of hydrogen-bond donors (Lipinski definition) is 1. The molecule has 0 aromatic rings. The van der Waals surface area contributed by atoms with Crippen LogP contribution in [0.4, 0.5) is 0 Å². The van der Waals surface area contributed by atoms with Gasteiger partial charge in [0.1, 0.15) is 0 Å². The summed E-state index contributed by atoms with van der Waals surface area (Å²) in [7, 11) is -3.17. The van der Waals surface area contributed by atoms with E-state index in [1.807, 2.05) is 13.8 Å². The highest BCUT2D eigenvalue weighted by Gasteiger charge is 2.31. The van der Waals surface area contributed by atoms with E-state index in [2.05, 4.69) is 0 Å². The predicted octanol–water partition coefficient (Wildman–Crippen LogP) is 0.386. The van der Waals surface area contributed by atoms with Crippen molar-refractivity contribution in [1.29, 1.82) is 0 Å². The molecule has 0 aliphatic carbocycles. The van der Waals surface area contributed by atoms with Crippen molar-refractivity contribution in [3.05, 3.63) is 0 Å². The normalized spacial score (nSPS) is 19.4. The standard InChI is InChI=1S/C13H27N3O3S/c1-4-6-12(14)13(17)15-9-7-11(8-10-15)16(5-2)20(3,18)19/h11-12H,4-10,14H2,1-3H3. The van der Waals surface area contributed by atoms with Gasteiger partial charge >= 0.3 is 0 Å². The predicted molar refractivity (Wildman–Crippen MR) is 79.7 cm³/mol. The molecule has 0 saturated carbocycles. The van der Waals surface area contributed by atoms with Gasteiger partial charge in [-0.1, -0.05) is 20.3 Å². The summed E-state index contributed by atoms with van der Waals surface area (Å²) in [6.07, 6.45) is 4.20. The number of carbonyl (C=O) groups is 1. The van der Waals surface area contributed by atoms with Crippen molar-refractivity contribution in [3.8, 4) is 0 Å². The fourth-order valence-corrected chi connectivity index (χ4v) is 4.03. The smallest absolute Gasteiger partial charge is 0.239 e. The Kier molecular flexibility index (Phi) is 6.42. The molecule has 6 nitrogen and oxygen atoms in total. The molecule has 20 heavy (non-hydrogen) atoms. The summed E-state index contributed by atoms with van der Waals surface area (Å²) in [4.78, 5) is 13.9. The van der Waals surface area contributed by atoms with Crippen molar-refractivity contribution in [3.63, 3.8) is 0 Å². The Morgan fingerprint density at radius 2 is 1.90 bits per heavy atom. The minimum absolute atomic E-state index is 0.00134. The van der Waals surface area contributed by atoms with E-state index >= 15 is 0 Å². The molecule has 0 aromatic carbocycles. The third kappa shape index (κ3) is 4.43. The van der Waals surface area contributed by atoms with E-state index in [0.29, 0.717) is 38.9 Å². The van der Waals surface area contributed by atoms with E-state index in [9.17, 15) is 13.2 Å². The average molecular weight is 305 g/mol. The summed E-state index contributed by atoms with van der Waals surface area (Å²) >= 11 is 0. The van der Waals surface area contributed by atoms with Gasteiger partial charge in [0.25, 0.3) is 0 Å². The van der Waals surface area contributed by atoms with Crippen molar-refractivity contribution >= 4 is 15.9 Å². The Bertz CT molecular complexity index is 417. The zero-order chi connectivity index (χ0) is 15.3. The monoisotopic (exact) mass is 305 g/mol. The Balaban J connectivity index is 2.57. The van der Waals surface area contributed by atoms with Crippen molar-refractivity contribution < 1.29 is 13.2 Å². The molecule has 0 bridgehead atoms. The SMILES string of the molecule is CCCC(N)C(=O)N1CCC(N(CC)S(C)(=O)=O)CC1. The average Bonchev–Trinajstić information content (AvgIpc) is 2.38. The number of hydrogen-bond acceptors (Lipinski definition) is 4. The van der Waals surface area contributed by atoms with Gasteiger partial charge in [0, 0.05) is 25.7 Å². The van der Waals surface area contributed by atoms with Crippen molar-refractivity contribution in [1.82, 2.24) is 9.21 Å². The zero-order valence-electron chi connectivity index (χ0n) is 12.7.